The van der Waals surface area contributed by atoms with Crippen LogP contribution in [-0.2, 0) is 0 Å². The number of ether oxygens (including phenoxy) is 1. The van der Waals surface area contributed by atoms with Crippen LogP contribution in [0.25, 0.3) is 11.3 Å². The molecule has 2 N–H and O–H groups in total. The highest BCUT2D eigenvalue weighted by Crippen LogP contribution is 2.31. The van der Waals surface area contributed by atoms with E-state index in [9.17, 15) is 9.90 Å². The smallest absolute Gasteiger partial charge is 0.339 e. The molecule has 25 heavy (non-hydrogen) atoms. The van der Waals surface area contributed by atoms with Crippen LogP contribution in [0.3, 0.4) is 0 Å². The van der Waals surface area contributed by atoms with Crippen LogP contribution in [0, 0.1) is 0 Å². The summed E-state index contributed by atoms with van der Waals surface area (Å²) in [5.74, 6) is 0.0531. The second-order valence-electron chi connectivity index (χ2n) is 6.31. The molecule has 0 saturated carbocycles. The Balaban J connectivity index is 2.08. The fraction of sp³-hybridized carbons (Fsp3) is 0.389. The average molecular weight is 342 g/mol. The van der Waals surface area contributed by atoms with E-state index < -0.39 is 5.97 Å². The number of para-hydroxylation sites is 1. The van der Waals surface area contributed by atoms with Crippen molar-refractivity contribution in [1.29, 1.82) is 0 Å². The molecular formula is C18H22N4O3. The highest BCUT2D eigenvalue weighted by atomic mass is 16.5. The number of aromatic carboxylic acids is 1. The zero-order valence-corrected chi connectivity index (χ0v) is 14.6. The Labute approximate surface area is 146 Å². The molecule has 1 saturated heterocycles. The number of carboxylic acids is 1. The summed E-state index contributed by atoms with van der Waals surface area (Å²) in [5.41, 5.74) is 1.07. The first-order valence-corrected chi connectivity index (χ1v) is 8.24. The first-order valence-electron chi connectivity index (χ1n) is 8.24. The lowest BCUT2D eigenvalue weighted by molar-refractivity contribution is 0.0697. The molecule has 0 amide bonds. The van der Waals surface area contributed by atoms with Gasteiger partial charge in [0.25, 0.3) is 0 Å². The summed E-state index contributed by atoms with van der Waals surface area (Å²) in [6, 6.07) is 7.88. The van der Waals surface area contributed by atoms with Crippen molar-refractivity contribution in [1.82, 2.24) is 15.3 Å². The molecule has 1 aliphatic heterocycles. The fourth-order valence-corrected chi connectivity index (χ4v) is 3.22. The predicted molar refractivity (Wildman–Crippen MR) is 95.3 cm³/mol. The first kappa shape index (κ1) is 17.2. The Kier molecular flexibility index (Phi) is 4.85. The second kappa shape index (κ2) is 7.06. The lowest BCUT2D eigenvalue weighted by Crippen LogP contribution is -2.54. The maximum Gasteiger partial charge on any atom is 0.339 e. The van der Waals surface area contributed by atoms with E-state index in [0.29, 0.717) is 35.0 Å². The van der Waals surface area contributed by atoms with Crippen molar-refractivity contribution < 1.29 is 14.6 Å². The number of methoxy groups -OCH3 is 1. The summed E-state index contributed by atoms with van der Waals surface area (Å²) in [6.07, 6.45) is 1.38. The van der Waals surface area contributed by atoms with Gasteiger partial charge < -0.3 is 20.1 Å². The molecule has 2 aromatic rings. The van der Waals surface area contributed by atoms with Gasteiger partial charge in [0, 0.05) is 36.9 Å². The van der Waals surface area contributed by atoms with Crippen LogP contribution in [0.15, 0.2) is 30.5 Å². The van der Waals surface area contributed by atoms with E-state index in [0.717, 1.165) is 13.1 Å². The van der Waals surface area contributed by atoms with Crippen molar-refractivity contribution in [2.24, 2.45) is 0 Å². The number of benzene rings is 1. The monoisotopic (exact) mass is 342 g/mol. The number of carbonyl (C=O) groups is 1. The molecule has 2 atom stereocenters. The van der Waals surface area contributed by atoms with Crippen molar-refractivity contribution in [3.63, 3.8) is 0 Å². The lowest BCUT2D eigenvalue weighted by atomic mass is 10.1. The molecule has 132 valence electrons. The molecule has 2 heterocycles. The summed E-state index contributed by atoms with van der Waals surface area (Å²) < 4.78 is 5.38. The third-order valence-electron chi connectivity index (χ3n) is 4.21. The summed E-state index contributed by atoms with van der Waals surface area (Å²) in [7, 11) is 1.56. The van der Waals surface area contributed by atoms with Gasteiger partial charge in [-0.05, 0) is 26.0 Å². The topological polar surface area (TPSA) is 87.6 Å². The number of hydrogen-bond donors (Lipinski definition) is 2. The van der Waals surface area contributed by atoms with Crippen LogP contribution in [-0.4, -0.2) is 53.3 Å². The summed E-state index contributed by atoms with van der Waals surface area (Å²) in [6.45, 7) is 5.75. The van der Waals surface area contributed by atoms with Crippen LogP contribution in [0.4, 0.5) is 5.95 Å². The number of nitrogens with one attached hydrogen (secondary N) is 1. The number of anilines is 1. The van der Waals surface area contributed by atoms with Gasteiger partial charge in [-0.25, -0.2) is 14.8 Å². The zero-order chi connectivity index (χ0) is 18.0. The highest BCUT2D eigenvalue weighted by Gasteiger charge is 2.25. The molecule has 0 aliphatic carbocycles. The Morgan fingerprint density at radius 3 is 2.60 bits per heavy atom. The van der Waals surface area contributed by atoms with Crippen LogP contribution in [0.2, 0.25) is 0 Å². The van der Waals surface area contributed by atoms with Crippen molar-refractivity contribution in [3.8, 4) is 17.0 Å². The number of aromatic nitrogens is 2. The molecule has 1 aliphatic rings. The van der Waals surface area contributed by atoms with Crippen LogP contribution >= 0.6 is 0 Å². The number of hydrogen-bond acceptors (Lipinski definition) is 6. The highest BCUT2D eigenvalue weighted by molar-refractivity contribution is 5.95. The van der Waals surface area contributed by atoms with Gasteiger partial charge in [0.05, 0.1) is 12.8 Å². The normalized spacial score (nSPS) is 20.4. The van der Waals surface area contributed by atoms with Crippen molar-refractivity contribution in [2.75, 3.05) is 25.1 Å². The number of rotatable bonds is 4. The van der Waals surface area contributed by atoms with E-state index in [2.05, 4.69) is 34.0 Å². The molecule has 0 spiro atoms. The molecule has 1 aromatic carbocycles. The summed E-state index contributed by atoms with van der Waals surface area (Å²) in [4.78, 5) is 22.6. The molecule has 7 heteroatoms. The SMILES string of the molecule is COc1ccccc1-c1nc(N2C[C@@H](C)N[C@@H](C)C2)ncc1C(=O)O. The summed E-state index contributed by atoms with van der Waals surface area (Å²) >= 11 is 0. The third-order valence-corrected chi connectivity index (χ3v) is 4.21. The van der Waals surface area contributed by atoms with Gasteiger partial charge >= 0.3 is 5.97 Å². The Hall–Kier alpha value is -2.67. The van der Waals surface area contributed by atoms with E-state index in [1.54, 1.807) is 19.2 Å². The lowest BCUT2D eigenvalue weighted by Gasteiger charge is -2.36. The average Bonchev–Trinajstić information content (AvgIpc) is 2.60. The van der Waals surface area contributed by atoms with Crippen molar-refractivity contribution in [3.05, 3.63) is 36.0 Å². The largest absolute Gasteiger partial charge is 0.496 e. The quantitative estimate of drug-likeness (QED) is 0.879. The second-order valence-corrected chi connectivity index (χ2v) is 6.31. The first-order chi connectivity index (χ1) is 12.0. The van der Waals surface area contributed by atoms with E-state index in [1.165, 1.54) is 6.20 Å². The predicted octanol–water partition coefficient (Wildman–Crippen LogP) is 2.04. The van der Waals surface area contributed by atoms with Gasteiger partial charge in [-0.15, -0.1) is 0 Å². The van der Waals surface area contributed by atoms with Gasteiger partial charge in [-0.2, -0.15) is 0 Å². The Morgan fingerprint density at radius 2 is 1.96 bits per heavy atom. The summed E-state index contributed by atoms with van der Waals surface area (Å²) in [5, 5.41) is 13.0. The van der Waals surface area contributed by atoms with E-state index in [1.807, 2.05) is 12.1 Å². The van der Waals surface area contributed by atoms with Gasteiger partial charge in [0.1, 0.15) is 11.3 Å². The van der Waals surface area contributed by atoms with Gasteiger partial charge in [0.2, 0.25) is 5.95 Å². The Bertz CT molecular complexity index is 771. The maximum absolute atomic E-state index is 11.6. The molecule has 3 rings (SSSR count). The Morgan fingerprint density at radius 1 is 1.28 bits per heavy atom. The van der Waals surface area contributed by atoms with E-state index in [4.69, 9.17) is 4.74 Å². The minimum absolute atomic E-state index is 0.0597. The molecule has 0 unspecified atom stereocenters. The minimum atomic E-state index is -1.06. The molecular weight excluding hydrogens is 320 g/mol. The fourth-order valence-electron chi connectivity index (χ4n) is 3.22. The molecule has 0 bridgehead atoms. The zero-order valence-electron chi connectivity index (χ0n) is 14.6. The number of nitrogens with zero attached hydrogens (tertiary/aromatic N) is 3. The number of carboxylic acid groups (broad SMARTS) is 1. The molecule has 7 nitrogen and oxygen atoms in total. The van der Waals surface area contributed by atoms with Gasteiger partial charge in [0.15, 0.2) is 0 Å². The van der Waals surface area contributed by atoms with Crippen molar-refractivity contribution >= 4 is 11.9 Å². The van der Waals surface area contributed by atoms with E-state index >= 15 is 0 Å². The third kappa shape index (κ3) is 3.56. The molecule has 1 fully saturated rings. The van der Waals surface area contributed by atoms with Crippen LogP contribution in [0.1, 0.15) is 24.2 Å². The number of piperazine rings is 1. The standard InChI is InChI=1S/C18H22N4O3/c1-11-9-22(10-12(2)20-11)18-19-8-14(17(23)24)16(21-18)13-6-4-5-7-15(13)25-3/h4-8,11-12,20H,9-10H2,1-3H3,(H,23,24)/t11-,12+. The molecule has 0 radical (unpaired) electrons. The van der Waals surface area contributed by atoms with Gasteiger partial charge in [-0.3, -0.25) is 0 Å². The van der Waals surface area contributed by atoms with Gasteiger partial charge in [-0.1, -0.05) is 12.1 Å². The maximum atomic E-state index is 11.6. The minimum Gasteiger partial charge on any atom is -0.496 e. The van der Waals surface area contributed by atoms with Crippen LogP contribution in [0.5, 0.6) is 5.75 Å². The van der Waals surface area contributed by atoms with E-state index in [-0.39, 0.29) is 5.56 Å². The van der Waals surface area contributed by atoms with Crippen molar-refractivity contribution in [2.45, 2.75) is 25.9 Å². The molecule has 1 aromatic heterocycles. The van der Waals surface area contributed by atoms with Crippen LogP contribution < -0.4 is 15.0 Å².